The van der Waals surface area contributed by atoms with Crippen LogP contribution in [0.4, 0.5) is 0 Å². The highest BCUT2D eigenvalue weighted by Crippen LogP contribution is 2.16. The first kappa shape index (κ1) is 38.4. The van der Waals surface area contributed by atoms with E-state index in [1.807, 2.05) is 24.5 Å². The molecule has 0 spiro atoms. The third-order valence-electron chi connectivity index (χ3n) is 6.88. The second-order valence-corrected chi connectivity index (χ2v) is 10.9. The van der Waals surface area contributed by atoms with E-state index in [1.54, 1.807) is 6.92 Å². The molecule has 1 heterocycles. The molecule has 45 heavy (non-hydrogen) atoms. The van der Waals surface area contributed by atoms with Gasteiger partial charge in [0.25, 0.3) is 0 Å². The number of carbonyl (C=O) groups excluding carboxylic acids is 1. The second-order valence-electron chi connectivity index (χ2n) is 10.9. The molecule has 0 aliphatic heterocycles. The zero-order chi connectivity index (χ0) is 32.2. The lowest BCUT2D eigenvalue weighted by molar-refractivity contribution is -0.697. The molecular formula is C35H57N2O8+. The molecule has 0 N–H and O–H groups in total. The Morgan fingerprint density at radius 2 is 1.20 bits per heavy atom. The van der Waals surface area contributed by atoms with Gasteiger partial charge in [-0.1, -0.05) is 58.4 Å². The van der Waals surface area contributed by atoms with Gasteiger partial charge >= 0.3 is 5.97 Å². The minimum Gasteiger partial charge on any atom is -0.494 e. The van der Waals surface area contributed by atoms with E-state index >= 15 is 0 Å². The summed E-state index contributed by atoms with van der Waals surface area (Å²) in [5.41, 5.74) is 1.48. The normalized spacial score (nSPS) is 11.2. The minimum absolute atomic E-state index is 0.207. The number of hydrogen-bond acceptors (Lipinski definition) is 8. The van der Waals surface area contributed by atoms with Crippen molar-refractivity contribution in [1.29, 1.82) is 0 Å². The van der Waals surface area contributed by atoms with E-state index in [0.717, 1.165) is 31.0 Å². The summed E-state index contributed by atoms with van der Waals surface area (Å²) in [5.74, 6) is 0.520. The number of esters is 1. The molecule has 0 radical (unpaired) electrons. The first-order chi connectivity index (χ1) is 22.1. The number of imidazole rings is 1. The van der Waals surface area contributed by atoms with Crippen molar-refractivity contribution in [3.8, 4) is 11.4 Å². The smallest absolute Gasteiger partial charge is 0.333 e. The quantitative estimate of drug-likeness (QED) is 0.0483. The van der Waals surface area contributed by atoms with E-state index in [2.05, 4.69) is 41.1 Å². The van der Waals surface area contributed by atoms with Crippen LogP contribution in [0.2, 0.25) is 0 Å². The molecule has 0 atom stereocenters. The van der Waals surface area contributed by atoms with Gasteiger partial charge in [-0.15, -0.1) is 0 Å². The van der Waals surface area contributed by atoms with Gasteiger partial charge < -0.3 is 33.2 Å². The molecule has 1 aromatic carbocycles. The van der Waals surface area contributed by atoms with Crippen molar-refractivity contribution >= 4 is 5.97 Å². The van der Waals surface area contributed by atoms with E-state index in [1.165, 1.54) is 44.9 Å². The van der Waals surface area contributed by atoms with Gasteiger partial charge in [-0.3, -0.25) is 0 Å². The van der Waals surface area contributed by atoms with Crippen LogP contribution >= 0.6 is 0 Å². The minimum atomic E-state index is -0.405. The van der Waals surface area contributed by atoms with E-state index in [9.17, 15) is 4.79 Å². The summed E-state index contributed by atoms with van der Waals surface area (Å²) < 4.78 is 42.6. The van der Waals surface area contributed by atoms with Gasteiger partial charge in [0.15, 0.2) is 0 Å². The number of unbranched alkanes of at least 4 members (excludes halogenated alkanes) is 7. The SMILES string of the molecule is C=C(C)C(=O)OCCOCCOCCOCCOCCOCC[n+]1ccn(-c2ccc(OCCCCCCCCCC)cc2)c1. The number of carbonyl (C=O) groups is 1. The zero-order valence-electron chi connectivity index (χ0n) is 27.8. The molecule has 0 saturated heterocycles. The molecule has 0 aliphatic rings. The zero-order valence-corrected chi connectivity index (χ0v) is 27.8. The third kappa shape index (κ3) is 20.1. The fraction of sp³-hybridized carbons (Fsp3) is 0.657. The summed E-state index contributed by atoms with van der Waals surface area (Å²) in [5, 5.41) is 0. The van der Waals surface area contributed by atoms with E-state index in [0.29, 0.717) is 71.6 Å². The average Bonchev–Trinajstić information content (AvgIpc) is 3.52. The van der Waals surface area contributed by atoms with Crippen LogP contribution in [-0.2, 0) is 39.8 Å². The van der Waals surface area contributed by atoms with Crippen LogP contribution in [0.25, 0.3) is 5.69 Å². The molecule has 0 aliphatic carbocycles. The standard InChI is InChI=1S/C35H57N2O8/c1-4-5-6-7-8-9-10-11-19-44-34-14-12-33(13-15-34)37-17-16-36(31-37)18-20-39-21-22-40-23-24-41-25-26-42-27-28-43-29-30-45-35(38)32(2)3/h12-17,31H,2,4-11,18-30H2,1,3H3/q+1. The Kier molecular flexibility index (Phi) is 22.6. The number of hydrogen-bond donors (Lipinski definition) is 0. The van der Waals surface area contributed by atoms with E-state index < -0.39 is 5.97 Å². The topological polar surface area (TPSA) is 90.5 Å². The van der Waals surface area contributed by atoms with Gasteiger partial charge in [0.1, 0.15) is 37.0 Å². The fourth-order valence-corrected chi connectivity index (χ4v) is 4.29. The Hall–Kier alpha value is -2.76. The van der Waals surface area contributed by atoms with Crippen LogP contribution in [0.1, 0.15) is 65.2 Å². The van der Waals surface area contributed by atoms with Crippen molar-refractivity contribution in [1.82, 2.24) is 4.57 Å². The van der Waals surface area contributed by atoms with Crippen LogP contribution in [0.15, 0.2) is 55.1 Å². The third-order valence-corrected chi connectivity index (χ3v) is 6.88. The van der Waals surface area contributed by atoms with Gasteiger partial charge in [-0.05, 0) is 37.6 Å². The summed E-state index contributed by atoms with van der Waals surface area (Å²) >= 11 is 0. The number of rotatable bonds is 30. The summed E-state index contributed by atoms with van der Waals surface area (Å²) in [4.78, 5) is 11.2. The monoisotopic (exact) mass is 633 g/mol. The van der Waals surface area contributed by atoms with Crippen LogP contribution in [0.5, 0.6) is 5.75 Å². The molecule has 2 rings (SSSR count). The van der Waals surface area contributed by atoms with Gasteiger partial charge in [-0.25, -0.2) is 13.9 Å². The Labute approximate surface area is 270 Å². The van der Waals surface area contributed by atoms with Crippen molar-refractivity contribution < 1.29 is 42.5 Å². The molecule has 0 fully saturated rings. The molecule has 10 heteroatoms. The number of nitrogens with zero attached hydrogens (tertiary/aromatic N) is 2. The first-order valence-corrected chi connectivity index (χ1v) is 16.6. The number of benzene rings is 1. The van der Waals surface area contributed by atoms with Crippen molar-refractivity contribution in [3.05, 3.63) is 55.1 Å². The van der Waals surface area contributed by atoms with Crippen molar-refractivity contribution in [2.45, 2.75) is 71.8 Å². The molecule has 1 aromatic heterocycles. The number of ether oxygens (including phenoxy) is 7. The van der Waals surface area contributed by atoms with Crippen LogP contribution in [0.3, 0.4) is 0 Å². The van der Waals surface area contributed by atoms with Crippen LogP contribution < -0.4 is 9.30 Å². The van der Waals surface area contributed by atoms with E-state index in [4.69, 9.17) is 33.2 Å². The summed E-state index contributed by atoms with van der Waals surface area (Å²) in [6.45, 7) is 14.0. The molecule has 0 bridgehead atoms. The average molecular weight is 634 g/mol. The molecule has 0 saturated carbocycles. The van der Waals surface area contributed by atoms with Gasteiger partial charge in [0.05, 0.1) is 72.7 Å². The Bertz CT molecular complexity index is 1010. The van der Waals surface area contributed by atoms with Crippen LogP contribution in [-0.4, -0.2) is 89.8 Å². The molecule has 10 nitrogen and oxygen atoms in total. The second kappa shape index (κ2) is 26.5. The Balaban J connectivity index is 1.38. The summed E-state index contributed by atoms with van der Waals surface area (Å²) in [6, 6.07) is 8.26. The summed E-state index contributed by atoms with van der Waals surface area (Å²) in [7, 11) is 0. The van der Waals surface area contributed by atoms with Gasteiger partial charge in [0.2, 0.25) is 6.33 Å². The lowest BCUT2D eigenvalue weighted by Gasteiger charge is -2.08. The number of aromatic nitrogens is 2. The maximum Gasteiger partial charge on any atom is 0.333 e. The predicted molar refractivity (Wildman–Crippen MR) is 174 cm³/mol. The maximum absolute atomic E-state index is 11.2. The Morgan fingerprint density at radius 3 is 1.76 bits per heavy atom. The van der Waals surface area contributed by atoms with Crippen LogP contribution in [0, 0.1) is 0 Å². The van der Waals surface area contributed by atoms with Crippen molar-refractivity contribution in [2.75, 3.05) is 79.3 Å². The van der Waals surface area contributed by atoms with Crippen molar-refractivity contribution in [3.63, 3.8) is 0 Å². The maximum atomic E-state index is 11.2. The predicted octanol–water partition coefficient (Wildman–Crippen LogP) is 5.49. The lowest BCUT2D eigenvalue weighted by Crippen LogP contribution is -2.33. The molecular weight excluding hydrogens is 576 g/mol. The molecule has 254 valence electrons. The molecule has 0 unspecified atom stereocenters. The van der Waals surface area contributed by atoms with E-state index in [-0.39, 0.29) is 6.61 Å². The molecule has 2 aromatic rings. The van der Waals surface area contributed by atoms with Crippen molar-refractivity contribution in [2.24, 2.45) is 0 Å². The first-order valence-electron chi connectivity index (χ1n) is 16.6. The largest absolute Gasteiger partial charge is 0.494 e. The highest BCUT2D eigenvalue weighted by atomic mass is 16.6. The van der Waals surface area contributed by atoms with Gasteiger partial charge in [0, 0.05) is 5.57 Å². The van der Waals surface area contributed by atoms with Gasteiger partial charge in [-0.2, -0.15) is 0 Å². The lowest BCUT2D eigenvalue weighted by atomic mass is 10.1. The fourth-order valence-electron chi connectivity index (χ4n) is 4.29. The Morgan fingerprint density at radius 1 is 0.689 bits per heavy atom. The molecule has 0 amide bonds. The highest BCUT2D eigenvalue weighted by molar-refractivity contribution is 5.86. The summed E-state index contributed by atoms with van der Waals surface area (Å²) in [6.07, 6.45) is 16.6. The highest BCUT2D eigenvalue weighted by Gasteiger charge is 2.07.